The number of benzene rings is 1. The average Bonchev–Trinajstić information content (AvgIpc) is 2.75. The minimum absolute atomic E-state index is 0.158. The van der Waals surface area contributed by atoms with E-state index in [1.807, 2.05) is 7.05 Å². The fraction of sp³-hybridized carbons (Fsp3) is 0.273. The first-order chi connectivity index (χ1) is 8.99. The molecule has 102 valence electrons. The van der Waals surface area contributed by atoms with Crippen molar-refractivity contribution in [3.8, 4) is 0 Å². The SMILES string of the molecule is Cn1cnnc1CCNS(=O)(=O)c1cccc(N)c1. The van der Waals surface area contributed by atoms with E-state index < -0.39 is 10.0 Å². The van der Waals surface area contributed by atoms with Gasteiger partial charge < -0.3 is 10.3 Å². The van der Waals surface area contributed by atoms with Crippen molar-refractivity contribution in [1.82, 2.24) is 19.5 Å². The van der Waals surface area contributed by atoms with Crippen LogP contribution in [0.2, 0.25) is 0 Å². The van der Waals surface area contributed by atoms with Crippen molar-refractivity contribution >= 4 is 15.7 Å². The number of hydrogen-bond donors (Lipinski definition) is 2. The van der Waals surface area contributed by atoms with Crippen LogP contribution in [0.3, 0.4) is 0 Å². The molecule has 0 aliphatic carbocycles. The molecule has 0 saturated carbocycles. The van der Waals surface area contributed by atoms with E-state index >= 15 is 0 Å². The number of nitrogens with two attached hydrogens (primary N) is 1. The second kappa shape index (κ2) is 5.37. The zero-order chi connectivity index (χ0) is 13.9. The van der Waals surface area contributed by atoms with Crippen LogP contribution in [-0.2, 0) is 23.5 Å². The Hall–Kier alpha value is -1.93. The molecule has 1 heterocycles. The molecule has 0 spiro atoms. The van der Waals surface area contributed by atoms with E-state index in [0.29, 0.717) is 12.1 Å². The van der Waals surface area contributed by atoms with E-state index in [1.165, 1.54) is 12.1 Å². The van der Waals surface area contributed by atoms with Gasteiger partial charge in [-0.2, -0.15) is 0 Å². The van der Waals surface area contributed by atoms with Crippen molar-refractivity contribution in [2.75, 3.05) is 12.3 Å². The van der Waals surface area contributed by atoms with Crippen LogP contribution in [0, 0.1) is 0 Å². The summed E-state index contributed by atoms with van der Waals surface area (Å²) < 4.78 is 28.2. The maximum absolute atomic E-state index is 12.0. The molecule has 0 bridgehead atoms. The van der Waals surface area contributed by atoms with Gasteiger partial charge in [0, 0.05) is 25.7 Å². The third-order valence-corrected chi connectivity index (χ3v) is 4.07. The Kier molecular flexibility index (Phi) is 3.82. The summed E-state index contributed by atoms with van der Waals surface area (Å²) in [6.45, 7) is 0.254. The van der Waals surface area contributed by atoms with Crippen molar-refractivity contribution in [2.45, 2.75) is 11.3 Å². The van der Waals surface area contributed by atoms with Crippen LogP contribution in [0.1, 0.15) is 5.82 Å². The van der Waals surface area contributed by atoms with Gasteiger partial charge in [0.25, 0.3) is 0 Å². The Bertz CT molecular complexity index is 665. The van der Waals surface area contributed by atoms with Gasteiger partial charge in [-0.25, -0.2) is 13.1 Å². The Morgan fingerprint density at radius 2 is 2.21 bits per heavy atom. The first-order valence-corrected chi connectivity index (χ1v) is 7.15. The van der Waals surface area contributed by atoms with Crippen molar-refractivity contribution in [3.63, 3.8) is 0 Å². The van der Waals surface area contributed by atoms with Crippen LogP contribution in [0.4, 0.5) is 5.69 Å². The summed E-state index contributed by atoms with van der Waals surface area (Å²) in [6.07, 6.45) is 2.04. The van der Waals surface area contributed by atoms with Gasteiger partial charge in [-0.05, 0) is 18.2 Å². The van der Waals surface area contributed by atoms with Crippen molar-refractivity contribution in [3.05, 3.63) is 36.4 Å². The smallest absolute Gasteiger partial charge is 0.240 e. The van der Waals surface area contributed by atoms with Gasteiger partial charge in [-0.1, -0.05) is 6.07 Å². The normalized spacial score (nSPS) is 11.6. The number of aryl methyl sites for hydroxylation is 1. The van der Waals surface area contributed by atoms with Crippen LogP contribution >= 0.6 is 0 Å². The van der Waals surface area contributed by atoms with Gasteiger partial charge in [-0.15, -0.1) is 10.2 Å². The van der Waals surface area contributed by atoms with Crippen LogP contribution in [0.5, 0.6) is 0 Å². The van der Waals surface area contributed by atoms with E-state index in [2.05, 4.69) is 14.9 Å². The molecule has 2 aromatic rings. The molecular weight excluding hydrogens is 266 g/mol. The Morgan fingerprint density at radius 1 is 1.42 bits per heavy atom. The lowest BCUT2D eigenvalue weighted by molar-refractivity contribution is 0.580. The third kappa shape index (κ3) is 3.30. The van der Waals surface area contributed by atoms with Crippen molar-refractivity contribution < 1.29 is 8.42 Å². The molecule has 19 heavy (non-hydrogen) atoms. The highest BCUT2D eigenvalue weighted by atomic mass is 32.2. The van der Waals surface area contributed by atoms with Crippen molar-refractivity contribution in [1.29, 1.82) is 0 Å². The molecule has 0 atom stereocenters. The molecule has 1 aromatic heterocycles. The topological polar surface area (TPSA) is 103 Å². The summed E-state index contributed by atoms with van der Waals surface area (Å²) in [7, 11) is -1.73. The van der Waals surface area contributed by atoms with Crippen LogP contribution in [-0.4, -0.2) is 29.7 Å². The Labute approximate surface area is 111 Å². The zero-order valence-corrected chi connectivity index (χ0v) is 11.3. The quantitative estimate of drug-likeness (QED) is 0.746. The minimum Gasteiger partial charge on any atom is -0.399 e. The number of rotatable bonds is 5. The summed E-state index contributed by atoms with van der Waals surface area (Å²) in [5.74, 6) is 0.718. The number of nitrogens with zero attached hydrogens (tertiary/aromatic N) is 3. The number of anilines is 1. The number of aromatic nitrogens is 3. The molecule has 3 N–H and O–H groups in total. The summed E-state index contributed by atoms with van der Waals surface area (Å²) in [5, 5.41) is 7.61. The van der Waals surface area contributed by atoms with Crippen LogP contribution < -0.4 is 10.5 Å². The predicted molar refractivity (Wildman–Crippen MR) is 70.7 cm³/mol. The standard InChI is InChI=1S/C11H15N5O2S/c1-16-8-13-15-11(16)5-6-14-19(17,18)10-4-2-3-9(12)7-10/h2-4,7-8,14H,5-6,12H2,1H3. The lowest BCUT2D eigenvalue weighted by Gasteiger charge is -2.07. The van der Waals surface area contributed by atoms with Crippen LogP contribution in [0.25, 0.3) is 0 Å². The molecular formula is C11H15N5O2S. The molecule has 0 radical (unpaired) electrons. The van der Waals surface area contributed by atoms with E-state index in [4.69, 9.17) is 5.73 Å². The van der Waals surface area contributed by atoms with E-state index in [9.17, 15) is 8.42 Å². The maximum atomic E-state index is 12.0. The minimum atomic E-state index is -3.54. The third-order valence-electron chi connectivity index (χ3n) is 2.61. The second-order valence-corrected chi connectivity index (χ2v) is 5.85. The fourth-order valence-corrected chi connectivity index (χ4v) is 2.68. The molecule has 0 saturated heterocycles. The predicted octanol–water partition coefficient (Wildman–Crippen LogP) is -0.0817. The molecule has 7 nitrogen and oxygen atoms in total. The molecule has 8 heteroatoms. The highest BCUT2D eigenvalue weighted by molar-refractivity contribution is 7.89. The summed E-state index contributed by atoms with van der Waals surface area (Å²) in [6, 6.07) is 6.16. The molecule has 0 fully saturated rings. The lowest BCUT2D eigenvalue weighted by atomic mass is 10.3. The highest BCUT2D eigenvalue weighted by Crippen LogP contribution is 2.12. The first kappa shape index (κ1) is 13.5. The number of sulfonamides is 1. The number of hydrogen-bond acceptors (Lipinski definition) is 5. The summed E-state index contributed by atoms with van der Waals surface area (Å²) in [4.78, 5) is 0.158. The monoisotopic (exact) mass is 281 g/mol. The lowest BCUT2D eigenvalue weighted by Crippen LogP contribution is -2.26. The Morgan fingerprint density at radius 3 is 2.84 bits per heavy atom. The number of nitrogens with one attached hydrogen (secondary N) is 1. The number of nitrogen functional groups attached to an aromatic ring is 1. The molecule has 0 amide bonds. The first-order valence-electron chi connectivity index (χ1n) is 5.67. The summed E-state index contributed by atoms with van der Waals surface area (Å²) in [5.41, 5.74) is 5.98. The van der Waals surface area contributed by atoms with E-state index in [1.54, 1.807) is 23.0 Å². The van der Waals surface area contributed by atoms with Gasteiger partial charge >= 0.3 is 0 Å². The van der Waals surface area contributed by atoms with Gasteiger partial charge in [0.1, 0.15) is 12.2 Å². The summed E-state index contributed by atoms with van der Waals surface area (Å²) >= 11 is 0. The van der Waals surface area contributed by atoms with E-state index in [0.717, 1.165) is 5.82 Å². The van der Waals surface area contributed by atoms with Crippen LogP contribution in [0.15, 0.2) is 35.5 Å². The largest absolute Gasteiger partial charge is 0.399 e. The van der Waals surface area contributed by atoms with Gasteiger partial charge in [0.15, 0.2) is 0 Å². The molecule has 0 unspecified atom stereocenters. The fourth-order valence-electron chi connectivity index (χ4n) is 1.60. The van der Waals surface area contributed by atoms with Crippen molar-refractivity contribution in [2.24, 2.45) is 7.05 Å². The van der Waals surface area contributed by atoms with Gasteiger partial charge in [-0.3, -0.25) is 0 Å². The van der Waals surface area contributed by atoms with E-state index in [-0.39, 0.29) is 11.4 Å². The maximum Gasteiger partial charge on any atom is 0.240 e. The Balaban J connectivity index is 2.01. The highest BCUT2D eigenvalue weighted by Gasteiger charge is 2.13. The second-order valence-electron chi connectivity index (χ2n) is 4.08. The molecule has 1 aromatic carbocycles. The molecule has 0 aliphatic rings. The van der Waals surface area contributed by atoms with Gasteiger partial charge in [0.2, 0.25) is 10.0 Å². The van der Waals surface area contributed by atoms with Gasteiger partial charge in [0.05, 0.1) is 4.90 Å². The molecule has 0 aliphatic heterocycles. The molecule has 2 rings (SSSR count). The average molecular weight is 281 g/mol. The zero-order valence-electron chi connectivity index (χ0n) is 10.4.